The number of aliphatic hydroxyl groups excluding tert-OH is 7. The number of phenolic OH excluding ortho intramolecular Hbond substituents is 4. The van der Waals surface area contributed by atoms with Crippen molar-refractivity contribution in [3.63, 3.8) is 0 Å². The van der Waals surface area contributed by atoms with Crippen LogP contribution >= 0.6 is 0 Å². The van der Waals surface area contributed by atoms with Gasteiger partial charge in [0.1, 0.15) is 59.6 Å². The van der Waals surface area contributed by atoms with Crippen molar-refractivity contribution in [3.05, 3.63) is 40.6 Å². The number of rotatable bonds is 7. The Kier molecular flexibility index (Phi) is 8.87. The van der Waals surface area contributed by atoms with Gasteiger partial charge in [0.05, 0.1) is 13.2 Å². The fraction of sp³-hybridized carbons (Fsp3) is 0.444. The second-order valence-corrected chi connectivity index (χ2v) is 10.2. The first kappa shape index (κ1) is 31.7. The summed E-state index contributed by atoms with van der Waals surface area (Å²) in [5.41, 5.74) is -1.31. The molecule has 3 heterocycles. The smallest absolute Gasteiger partial charge is 0.230 e. The van der Waals surface area contributed by atoms with Crippen molar-refractivity contribution >= 4 is 11.0 Å². The Morgan fingerprint density at radius 2 is 1.32 bits per heavy atom. The second-order valence-electron chi connectivity index (χ2n) is 10.2. The monoisotopic (exact) mass is 626 g/mol. The van der Waals surface area contributed by atoms with Crippen LogP contribution in [0.5, 0.6) is 28.7 Å². The Morgan fingerprint density at radius 3 is 1.95 bits per heavy atom. The highest BCUT2D eigenvalue weighted by molar-refractivity contribution is 5.91. The van der Waals surface area contributed by atoms with Gasteiger partial charge in [-0.25, -0.2) is 0 Å². The van der Waals surface area contributed by atoms with E-state index in [-0.39, 0.29) is 11.3 Å². The van der Waals surface area contributed by atoms with Crippen molar-refractivity contribution in [2.24, 2.45) is 0 Å². The van der Waals surface area contributed by atoms with Gasteiger partial charge in [0, 0.05) is 17.7 Å². The number of aliphatic hydroxyl groups is 7. The van der Waals surface area contributed by atoms with E-state index in [4.69, 9.17) is 23.4 Å². The Bertz CT molecular complexity index is 1560. The molecule has 44 heavy (non-hydrogen) atoms. The van der Waals surface area contributed by atoms with Gasteiger partial charge in [-0.15, -0.1) is 0 Å². The maximum Gasteiger partial charge on any atom is 0.230 e. The molecule has 11 N–H and O–H groups in total. The number of hydrogen-bond donors (Lipinski definition) is 11. The Morgan fingerprint density at radius 1 is 0.682 bits per heavy atom. The van der Waals surface area contributed by atoms with Crippen LogP contribution in [0.3, 0.4) is 0 Å². The number of aromatic hydroxyl groups is 4. The lowest BCUT2D eigenvalue weighted by atomic mass is 9.97. The first-order chi connectivity index (χ1) is 20.9. The van der Waals surface area contributed by atoms with Crippen LogP contribution in [0.15, 0.2) is 39.5 Å². The molecule has 0 aliphatic carbocycles. The molecule has 10 atom stereocenters. The van der Waals surface area contributed by atoms with Gasteiger partial charge in [-0.2, -0.15) is 0 Å². The quantitative estimate of drug-likeness (QED) is 0.119. The zero-order chi connectivity index (χ0) is 32.0. The number of ether oxygens (including phenoxy) is 4. The normalized spacial score (nSPS) is 32.5. The molecule has 240 valence electrons. The van der Waals surface area contributed by atoms with E-state index < -0.39 is 120 Å². The largest absolute Gasteiger partial charge is 0.507 e. The highest BCUT2D eigenvalue weighted by atomic mass is 16.8. The lowest BCUT2D eigenvalue weighted by Gasteiger charge is -2.45. The summed E-state index contributed by atoms with van der Waals surface area (Å²) >= 11 is 0. The van der Waals surface area contributed by atoms with Gasteiger partial charge in [0.25, 0.3) is 0 Å². The van der Waals surface area contributed by atoms with Crippen LogP contribution in [0.25, 0.3) is 22.3 Å². The minimum absolute atomic E-state index is 0.0877. The maximum absolute atomic E-state index is 13.0. The van der Waals surface area contributed by atoms with Gasteiger partial charge >= 0.3 is 0 Å². The van der Waals surface area contributed by atoms with Crippen molar-refractivity contribution in [2.75, 3.05) is 13.2 Å². The van der Waals surface area contributed by atoms with E-state index in [1.165, 1.54) is 6.07 Å². The third-order valence-electron chi connectivity index (χ3n) is 7.37. The number of benzene rings is 2. The summed E-state index contributed by atoms with van der Waals surface area (Å²) in [5.74, 6) is -3.43. The maximum atomic E-state index is 13.0. The standard InChI is InChI=1S/C27H30O17/c28-6-15-18(35)20(37)22(39)26(41-15)44-25-21(38)19(36)16(7-29)42-27(25)43-23-13(34)4-11(32)17-12(33)5-14(40-24(17)23)8-1-2-9(30)10(31)3-8/h1-5,15-16,18-22,25-32,34-39H,6-7H2/t15-,16-,18-,19-,20+,21+,22-,25-,26+,27+/m1/s1. The first-order valence-electron chi connectivity index (χ1n) is 13.2. The lowest BCUT2D eigenvalue weighted by molar-refractivity contribution is -0.357. The van der Waals surface area contributed by atoms with Gasteiger partial charge in [-0.05, 0) is 18.2 Å². The predicted octanol–water partition coefficient (Wildman–Crippen LogP) is -2.71. The molecule has 5 rings (SSSR count). The average Bonchev–Trinajstić information content (AvgIpc) is 2.99. The van der Waals surface area contributed by atoms with Gasteiger partial charge in [0.2, 0.25) is 12.0 Å². The van der Waals surface area contributed by atoms with Crippen molar-refractivity contribution in [2.45, 2.75) is 61.4 Å². The minimum atomic E-state index is -1.95. The molecular formula is C27H30O17. The van der Waals surface area contributed by atoms with E-state index in [0.717, 1.165) is 24.3 Å². The van der Waals surface area contributed by atoms with E-state index in [0.29, 0.717) is 0 Å². The Labute approximate surface area is 246 Å². The van der Waals surface area contributed by atoms with Crippen LogP contribution in [0.2, 0.25) is 0 Å². The van der Waals surface area contributed by atoms with Crippen LogP contribution < -0.4 is 10.2 Å². The third-order valence-corrected chi connectivity index (χ3v) is 7.37. The molecule has 0 unspecified atom stereocenters. The molecule has 1 aromatic heterocycles. The highest BCUT2D eigenvalue weighted by Crippen LogP contribution is 2.43. The Balaban J connectivity index is 1.57. The van der Waals surface area contributed by atoms with Crippen LogP contribution in [-0.4, -0.2) is 131 Å². The molecule has 2 aliphatic rings. The highest BCUT2D eigenvalue weighted by Gasteiger charge is 2.51. The summed E-state index contributed by atoms with van der Waals surface area (Å²) in [5, 5.41) is 112. The fourth-order valence-corrected chi connectivity index (χ4v) is 4.96. The van der Waals surface area contributed by atoms with E-state index in [9.17, 15) is 61.0 Å². The summed E-state index contributed by atoms with van der Waals surface area (Å²) < 4.78 is 28.0. The van der Waals surface area contributed by atoms with Crippen LogP contribution in [0.1, 0.15) is 0 Å². The van der Waals surface area contributed by atoms with E-state index in [2.05, 4.69) is 0 Å². The van der Waals surface area contributed by atoms with Gasteiger partial charge in [-0.1, -0.05) is 0 Å². The summed E-state index contributed by atoms with van der Waals surface area (Å²) in [6.45, 7) is -1.66. The summed E-state index contributed by atoms with van der Waals surface area (Å²) in [6.07, 6.45) is -17.8. The summed E-state index contributed by atoms with van der Waals surface area (Å²) in [4.78, 5) is 13.0. The molecule has 2 fully saturated rings. The lowest BCUT2D eigenvalue weighted by Crippen LogP contribution is -2.65. The number of hydrogen-bond acceptors (Lipinski definition) is 17. The topological polar surface area (TPSA) is 290 Å². The number of phenols is 4. The molecule has 17 heteroatoms. The zero-order valence-corrected chi connectivity index (χ0v) is 22.4. The average molecular weight is 627 g/mol. The van der Waals surface area contributed by atoms with Crippen molar-refractivity contribution in [3.8, 4) is 40.1 Å². The minimum Gasteiger partial charge on any atom is -0.507 e. The third kappa shape index (κ3) is 5.61. The molecule has 2 aliphatic heterocycles. The predicted molar refractivity (Wildman–Crippen MR) is 142 cm³/mol. The summed E-state index contributed by atoms with van der Waals surface area (Å²) in [6, 6.07) is 5.18. The molecule has 0 bridgehead atoms. The van der Waals surface area contributed by atoms with E-state index in [1.54, 1.807) is 0 Å². The molecule has 0 saturated carbocycles. The first-order valence-corrected chi connectivity index (χ1v) is 13.2. The van der Waals surface area contributed by atoms with Crippen LogP contribution in [0.4, 0.5) is 0 Å². The van der Waals surface area contributed by atoms with Gasteiger partial charge in [-0.3, -0.25) is 4.79 Å². The van der Waals surface area contributed by atoms with E-state index >= 15 is 0 Å². The molecule has 17 nitrogen and oxygen atoms in total. The Hall–Kier alpha value is -3.75. The SMILES string of the molecule is O=c1cc(-c2ccc(O)c(O)c2)oc2c(O[C@@H]3O[C@H](CO)[C@@H](O)[C@H](O)[C@H]3O[C@@H]3O[C@H](CO)[C@@H](O)[C@H](O)[C@H]3O)c(O)cc(O)c12. The van der Waals surface area contributed by atoms with Crippen LogP contribution in [0, 0.1) is 0 Å². The molecule has 3 aromatic rings. The zero-order valence-electron chi connectivity index (χ0n) is 22.4. The molecular weight excluding hydrogens is 596 g/mol. The van der Waals surface area contributed by atoms with E-state index in [1.807, 2.05) is 0 Å². The number of fused-ring (bicyclic) bond motifs is 1. The van der Waals surface area contributed by atoms with Crippen molar-refractivity contribution in [1.29, 1.82) is 0 Å². The van der Waals surface area contributed by atoms with Gasteiger partial charge < -0.3 is 79.5 Å². The second kappa shape index (κ2) is 12.3. The van der Waals surface area contributed by atoms with Crippen molar-refractivity contribution in [1.82, 2.24) is 0 Å². The fourth-order valence-electron chi connectivity index (χ4n) is 4.96. The van der Waals surface area contributed by atoms with Gasteiger partial charge in [0.15, 0.2) is 40.7 Å². The molecule has 0 amide bonds. The van der Waals surface area contributed by atoms with Crippen LogP contribution in [-0.2, 0) is 14.2 Å². The molecule has 0 radical (unpaired) electrons. The molecule has 2 saturated heterocycles. The summed E-state index contributed by atoms with van der Waals surface area (Å²) in [7, 11) is 0. The molecule has 0 spiro atoms. The molecule has 2 aromatic carbocycles. The van der Waals surface area contributed by atoms with Crippen molar-refractivity contribution < 1.29 is 79.5 Å².